The summed E-state index contributed by atoms with van der Waals surface area (Å²) in [4.78, 5) is 7.39. The lowest BCUT2D eigenvalue weighted by molar-refractivity contribution is 0.273. The molecule has 1 aromatic carbocycles. The predicted molar refractivity (Wildman–Crippen MR) is 107 cm³/mol. The van der Waals surface area contributed by atoms with Crippen LogP contribution in [0.5, 0.6) is 5.75 Å². The molecular weight excluding hydrogens is 394 g/mol. The maximum atomic E-state index is 13.4. The Kier molecular flexibility index (Phi) is 4.25. The molecule has 2 aliphatic rings. The normalized spacial score (nSPS) is 21.3. The fourth-order valence-electron chi connectivity index (χ4n) is 4.31. The second-order valence-electron chi connectivity index (χ2n) is 7.64. The molecule has 1 fully saturated rings. The fraction of sp³-hybridized carbons (Fsp3) is 0.250. The number of nitrogens with one attached hydrogen (secondary N) is 1. The average molecular weight is 412 g/mol. The van der Waals surface area contributed by atoms with Crippen LogP contribution >= 0.6 is 0 Å². The first kappa shape index (κ1) is 18.4. The Morgan fingerprint density at radius 3 is 2.93 bits per heavy atom. The number of rotatable bonds is 4. The van der Waals surface area contributed by atoms with Crippen molar-refractivity contribution in [2.24, 2.45) is 11.8 Å². The Labute approximate surface area is 167 Å². The van der Waals surface area contributed by atoms with Crippen molar-refractivity contribution in [2.75, 3.05) is 5.75 Å². The van der Waals surface area contributed by atoms with Gasteiger partial charge in [0, 0.05) is 17.1 Å². The lowest BCUT2D eigenvalue weighted by Gasteiger charge is -2.38. The molecule has 6 nitrogen and oxygen atoms in total. The van der Waals surface area contributed by atoms with Gasteiger partial charge in [-0.25, -0.2) is 17.8 Å². The SMILES string of the molecule is O=S(=O)(CC1CC(C2=CB(O)Oc3cnc4[nH]ccc4c32)C1)c1cccc(F)c1. The summed E-state index contributed by atoms with van der Waals surface area (Å²) in [5, 5.41) is 11.0. The maximum Gasteiger partial charge on any atom is 0.552 e. The van der Waals surface area contributed by atoms with Gasteiger partial charge in [-0.05, 0) is 60.5 Å². The van der Waals surface area contributed by atoms with Crippen LogP contribution in [0.1, 0.15) is 18.4 Å². The van der Waals surface area contributed by atoms with Crippen molar-refractivity contribution < 1.29 is 22.5 Å². The van der Waals surface area contributed by atoms with E-state index in [-0.39, 0.29) is 22.5 Å². The van der Waals surface area contributed by atoms with Crippen molar-refractivity contribution >= 4 is 33.6 Å². The number of aromatic nitrogens is 2. The molecule has 29 heavy (non-hydrogen) atoms. The smallest absolute Gasteiger partial charge is 0.531 e. The summed E-state index contributed by atoms with van der Waals surface area (Å²) in [6.07, 6.45) is 4.76. The van der Waals surface area contributed by atoms with Crippen LogP contribution < -0.4 is 4.65 Å². The molecule has 5 rings (SSSR count). The van der Waals surface area contributed by atoms with E-state index < -0.39 is 22.8 Å². The molecule has 1 aliphatic carbocycles. The van der Waals surface area contributed by atoms with Gasteiger partial charge >= 0.3 is 7.12 Å². The lowest BCUT2D eigenvalue weighted by Crippen LogP contribution is -2.33. The molecule has 2 aromatic heterocycles. The Balaban J connectivity index is 1.37. The van der Waals surface area contributed by atoms with Gasteiger partial charge in [-0.15, -0.1) is 0 Å². The number of fused-ring (bicyclic) bond motifs is 3. The Morgan fingerprint density at radius 2 is 2.14 bits per heavy atom. The minimum atomic E-state index is -3.54. The molecule has 0 saturated heterocycles. The molecule has 9 heteroatoms. The highest BCUT2D eigenvalue weighted by Gasteiger charge is 2.39. The van der Waals surface area contributed by atoms with Crippen molar-refractivity contribution in [3.05, 3.63) is 60.1 Å². The molecule has 0 unspecified atom stereocenters. The van der Waals surface area contributed by atoms with Crippen molar-refractivity contribution in [3.63, 3.8) is 0 Å². The monoisotopic (exact) mass is 412 g/mol. The van der Waals surface area contributed by atoms with Crippen LogP contribution in [0.3, 0.4) is 0 Å². The summed E-state index contributed by atoms with van der Waals surface area (Å²) < 4.78 is 44.1. The highest BCUT2D eigenvalue weighted by Crippen LogP contribution is 2.48. The molecule has 0 spiro atoms. The standard InChI is InChI=1S/C20H18BFN2O4S/c22-14-2-1-3-15(8-14)29(26,27)11-12-6-13(7-12)17-9-21(25)28-18-10-24-20-16(19(17)18)4-5-23-20/h1-5,8-10,12-13,25H,6-7,11H2,(H,23,24). The molecule has 148 valence electrons. The third-order valence-electron chi connectivity index (χ3n) is 5.70. The molecule has 0 bridgehead atoms. The molecule has 1 saturated carbocycles. The van der Waals surface area contributed by atoms with Crippen molar-refractivity contribution in [1.29, 1.82) is 0 Å². The van der Waals surface area contributed by atoms with E-state index >= 15 is 0 Å². The van der Waals surface area contributed by atoms with Crippen LogP contribution in [-0.4, -0.2) is 36.3 Å². The van der Waals surface area contributed by atoms with Gasteiger partial charge in [0.05, 0.1) is 16.8 Å². The zero-order valence-electron chi connectivity index (χ0n) is 15.4. The average Bonchev–Trinajstić information content (AvgIpc) is 3.12. The van der Waals surface area contributed by atoms with Gasteiger partial charge in [0.25, 0.3) is 0 Å². The van der Waals surface area contributed by atoms with Crippen molar-refractivity contribution in [3.8, 4) is 5.75 Å². The molecular formula is C20H18BFN2O4S. The molecule has 3 aromatic rings. The van der Waals surface area contributed by atoms with Crippen LogP contribution in [0.2, 0.25) is 0 Å². The van der Waals surface area contributed by atoms with Gasteiger partial charge in [0.15, 0.2) is 9.84 Å². The number of aromatic amines is 1. The summed E-state index contributed by atoms with van der Waals surface area (Å²) in [6, 6.07) is 7.05. The number of H-pyrrole nitrogens is 1. The summed E-state index contributed by atoms with van der Waals surface area (Å²) in [7, 11) is -4.59. The first-order valence-electron chi connectivity index (χ1n) is 9.42. The van der Waals surface area contributed by atoms with Crippen LogP contribution in [0.15, 0.2) is 53.6 Å². The van der Waals surface area contributed by atoms with E-state index in [4.69, 9.17) is 4.65 Å². The van der Waals surface area contributed by atoms with Crippen LogP contribution in [-0.2, 0) is 9.84 Å². The Hall–Kier alpha value is -2.65. The minimum absolute atomic E-state index is 0.0119. The minimum Gasteiger partial charge on any atom is -0.531 e. The molecule has 0 amide bonds. The van der Waals surface area contributed by atoms with Gasteiger partial charge in [0.1, 0.15) is 17.2 Å². The second-order valence-corrected chi connectivity index (χ2v) is 9.68. The topological polar surface area (TPSA) is 92.3 Å². The number of halogens is 1. The summed E-state index contributed by atoms with van der Waals surface area (Å²) >= 11 is 0. The molecule has 1 aliphatic heterocycles. The van der Waals surface area contributed by atoms with E-state index in [1.54, 1.807) is 18.4 Å². The number of hydrogen-bond donors (Lipinski definition) is 2. The van der Waals surface area contributed by atoms with Gasteiger partial charge in [-0.3, -0.25) is 0 Å². The van der Waals surface area contributed by atoms with Gasteiger partial charge in [-0.2, -0.15) is 0 Å². The quantitative estimate of drug-likeness (QED) is 0.643. The number of allylic oxidation sites excluding steroid dienone is 1. The summed E-state index contributed by atoms with van der Waals surface area (Å²) in [6.45, 7) is 0. The highest BCUT2D eigenvalue weighted by molar-refractivity contribution is 7.91. The Bertz CT molecular complexity index is 1230. The van der Waals surface area contributed by atoms with E-state index in [0.717, 1.165) is 28.2 Å². The second kappa shape index (κ2) is 6.71. The van der Waals surface area contributed by atoms with Gasteiger partial charge in [0.2, 0.25) is 0 Å². The fourth-order valence-corrected chi connectivity index (χ4v) is 5.97. The molecule has 2 N–H and O–H groups in total. The molecule has 3 heterocycles. The van der Waals surface area contributed by atoms with E-state index in [9.17, 15) is 17.8 Å². The highest BCUT2D eigenvalue weighted by atomic mass is 32.2. The van der Waals surface area contributed by atoms with Crippen LogP contribution in [0.25, 0.3) is 16.6 Å². The Morgan fingerprint density at radius 1 is 1.31 bits per heavy atom. The molecule has 0 radical (unpaired) electrons. The third-order valence-corrected chi connectivity index (χ3v) is 7.58. The van der Waals surface area contributed by atoms with E-state index in [0.29, 0.717) is 18.6 Å². The van der Waals surface area contributed by atoms with E-state index in [1.165, 1.54) is 18.2 Å². The third kappa shape index (κ3) is 3.24. The number of benzene rings is 1. The van der Waals surface area contributed by atoms with Crippen molar-refractivity contribution in [2.45, 2.75) is 17.7 Å². The maximum absolute atomic E-state index is 13.4. The largest absolute Gasteiger partial charge is 0.552 e. The lowest BCUT2D eigenvalue weighted by atomic mass is 9.66. The van der Waals surface area contributed by atoms with E-state index in [1.807, 2.05) is 6.07 Å². The van der Waals surface area contributed by atoms with Gasteiger partial charge < -0.3 is 14.7 Å². The zero-order valence-corrected chi connectivity index (χ0v) is 16.2. The van der Waals surface area contributed by atoms with Crippen LogP contribution in [0, 0.1) is 17.7 Å². The van der Waals surface area contributed by atoms with Crippen molar-refractivity contribution in [1.82, 2.24) is 9.97 Å². The summed E-state index contributed by atoms with van der Waals surface area (Å²) in [5.41, 5.74) is 2.60. The number of nitrogens with zero attached hydrogens (tertiary/aromatic N) is 1. The van der Waals surface area contributed by atoms with Crippen LogP contribution in [0.4, 0.5) is 4.39 Å². The summed E-state index contributed by atoms with van der Waals surface area (Å²) in [5.74, 6) is 1.76. The predicted octanol–water partition coefficient (Wildman–Crippen LogP) is 3.00. The number of hydrogen-bond acceptors (Lipinski definition) is 5. The van der Waals surface area contributed by atoms with Gasteiger partial charge in [-0.1, -0.05) is 6.07 Å². The zero-order chi connectivity index (χ0) is 20.2. The van der Waals surface area contributed by atoms with E-state index in [2.05, 4.69) is 9.97 Å². The molecule has 0 atom stereocenters. The first-order valence-corrected chi connectivity index (χ1v) is 11.1. The number of pyridine rings is 1. The number of sulfone groups is 1. The first-order chi connectivity index (χ1) is 13.9.